The van der Waals surface area contributed by atoms with Crippen LogP contribution in [0.1, 0.15) is 12.0 Å². The Labute approximate surface area is 137 Å². The lowest BCUT2D eigenvalue weighted by atomic mass is 9.93. The van der Waals surface area contributed by atoms with Gasteiger partial charge < -0.3 is 19.7 Å². The number of methoxy groups -OCH3 is 1. The quantitative estimate of drug-likeness (QED) is 0.913. The monoisotopic (exact) mass is 326 g/mol. The first-order valence-corrected chi connectivity index (χ1v) is 7.52. The normalized spacial score (nSPS) is 25.0. The van der Waals surface area contributed by atoms with Gasteiger partial charge in [-0.15, -0.1) is 12.4 Å². The minimum atomic E-state index is 0. The molecule has 6 heteroatoms. The predicted octanol–water partition coefficient (Wildman–Crippen LogP) is 1.45. The zero-order valence-electron chi connectivity index (χ0n) is 12.8. The third-order valence-corrected chi connectivity index (χ3v) is 4.28. The van der Waals surface area contributed by atoms with Crippen molar-refractivity contribution < 1.29 is 14.3 Å². The van der Waals surface area contributed by atoms with Crippen LogP contribution in [-0.4, -0.2) is 50.3 Å². The van der Waals surface area contributed by atoms with Crippen molar-refractivity contribution in [2.45, 2.75) is 19.1 Å². The Balaban J connectivity index is 0.00000176. The van der Waals surface area contributed by atoms with Gasteiger partial charge in [0.1, 0.15) is 5.75 Å². The molecule has 1 aromatic rings. The number of carbonyl (C=O) groups is 1. The summed E-state index contributed by atoms with van der Waals surface area (Å²) in [6.45, 7) is 3.60. The molecule has 0 saturated carbocycles. The van der Waals surface area contributed by atoms with E-state index < -0.39 is 0 Å². The third-order valence-electron chi connectivity index (χ3n) is 4.28. The number of hydrogen-bond donors (Lipinski definition) is 1. The first-order valence-electron chi connectivity index (χ1n) is 7.52. The molecule has 3 rings (SSSR count). The number of rotatable bonds is 3. The van der Waals surface area contributed by atoms with Crippen molar-refractivity contribution in [2.75, 3.05) is 33.4 Å². The highest BCUT2D eigenvalue weighted by Crippen LogP contribution is 2.23. The number of ether oxygens (including phenoxy) is 2. The Morgan fingerprint density at radius 3 is 2.86 bits per heavy atom. The summed E-state index contributed by atoms with van der Waals surface area (Å²) in [5, 5.41) is 3.30. The van der Waals surface area contributed by atoms with Gasteiger partial charge in [0.25, 0.3) is 0 Å². The number of halogens is 1. The molecular formula is C16H23ClN2O3. The van der Waals surface area contributed by atoms with Gasteiger partial charge in [0.05, 0.1) is 25.7 Å². The van der Waals surface area contributed by atoms with Gasteiger partial charge in [0.2, 0.25) is 5.91 Å². The lowest BCUT2D eigenvalue weighted by Crippen LogP contribution is -2.47. The number of amides is 1. The van der Waals surface area contributed by atoms with Gasteiger partial charge in [-0.3, -0.25) is 4.79 Å². The fourth-order valence-electron chi connectivity index (χ4n) is 3.05. The maximum Gasteiger partial charge on any atom is 0.228 e. The van der Waals surface area contributed by atoms with E-state index in [0.717, 1.165) is 30.8 Å². The van der Waals surface area contributed by atoms with Crippen LogP contribution in [0, 0.1) is 5.92 Å². The maximum absolute atomic E-state index is 12.7. The van der Waals surface area contributed by atoms with E-state index in [1.165, 1.54) is 0 Å². The van der Waals surface area contributed by atoms with E-state index in [9.17, 15) is 4.79 Å². The van der Waals surface area contributed by atoms with Crippen LogP contribution >= 0.6 is 12.4 Å². The topological polar surface area (TPSA) is 50.8 Å². The summed E-state index contributed by atoms with van der Waals surface area (Å²) in [7, 11) is 1.65. The van der Waals surface area contributed by atoms with E-state index in [4.69, 9.17) is 9.47 Å². The van der Waals surface area contributed by atoms with Crippen LogP contribution in [0.25, 0.3) is 0 Å². The SMILES string of the molecule is COc1ccc(CN2CCO[C@H]3CNCC[C@H]3C2=O)cc1.Cl. The number of piperidine rings is 1. The van der Waals surface area contributed by atoms with Crippen LogP contribution in [-0.2, 0) is 16.1 Å². The van der Waals surface area contributed by atoms with Crippen LogP contribution < -0.4 is 10.1 Å². The first kappa shape index (κ1) is 17.1. The highest BCUT2D eigenvalue weighted by molar-refractivity contribution is 5.85. The van der Waals surface area contributed by atoms with Gasteiger partial charge >= 0.3 is 0 Å². The number of fused-ring (bicyclic) bond motifs is 1. The summed E-state index contributed by atoms with van der Waals surface area (Å²) >= 11 is 0. The largest absolute Gasteiger partial charge is 0.497 e. The zero-order chi connectivity index (χ0) is 14.7. The molecule has 2 aliphatic heterocycles. The van der Waals surface area contributed by atoms with Crippen LogP contribution in [0.3, 0.4) is 0 Å². The molecule has 2 fully saturated rings. The molecule has 2 atom stereocenters. The lowest BCUT2D eigenvalue weighted by Gasteiger charge is -2.30. The molecule has 1 aromatic carbocycles. The van der Waals surface area contributed by atoms with Gasteiger partial charge in [-0.1, -0.05) is 12.1 Å². The van der Waals surface area contributed by atoms with Gasteiger partial charge in [0, 0.05) is 19.6 Å². The van der Waals surface area contributed by atoms with Crippen molar-refractivity contribution in [1.82, 2.24) is 10.2 Å². The average Bonchev–Trinajstić information content (AvgIpc) is 2.69. The van der Waals surface area contributed by atoms with Crippen LogP contribution in [0.4, 0.5) is 0 Å². The Morgan fingerprint density at radius 1 is 1.36 bits per heavy atom. The summed E-state index contributed by atoms with van der Waals surface area (Å²) in [4.78, 5) is 14.6. The molecule has 1 amide bonds. The fourth-order valence-corrected chi connectivity index (χ4v) is 3.05. The van der Waals surface area contributed by atoms with Crippen molar-refractivity contribution >= 4 is 18.3 Å². The second-order valence-corrected chi connectivity index (χ2v) is 5.62. The van der Waals surface area contributed by atoms with Gasteiger partial charge in [-0.25, -0.2) is 0 Å². The molecule has 2 saturated heterocycles. The molecule has 5 nitrogen and oxygen atoms in total. The Hall–Kier alpha value is -1.30. The minimum absolute atomic E-state index is 0. The number of carbonyl (C=O) groups excluding carboxylic acids is 1. The molecule has 0 bridgehead atoms. The number of nitrogens with zero attached hydrogens (tertiary/aromatic N) is 1. The zero-order valence-corrected chi connectivity index (χ0v) is 13.6. The van der Waals surface area contributed by atoms with E-state index in [1.807, 2.05) is 29.2 Å². The van der Waals surface area contributed by atoms with Crippen molar-refractivity contribution in [1.29, 1.82) is 0 Å². The van der Waals surface area contributed by atoms with Gasteiger partial charge in [-0.05, 0) is 30.7 Å². The molecule has 1 N–H and O–H groups in total. The van der Waals surface area contributed by atoms with Gasteiger partial charge in [-0.2, -0.15) is 0 Å². The Bertz CT molecular complexity index is 495. The molecule has 0 aliphatic carbocycles. The second-order valence-electron chi connectivity index (χ2n) is 5.62. The second kappa shape index (κ2) is 7.81. The number of benzene rings is 1. The molecule has 2 aliphatic rings. The predicted molar refractivity (Wildman–Crippen MR) is 86.4 cm³/mol. The van der Waals surface area contributed by atoms with Gasteiger partial charge in [0.15, 0.2) is 0 Å². The molecular weight excluding hydrogens is 304 g/mol. The van der Waals surface area contributed by atoms with Crippen molar-refractivity contribution in [2.24, 2.45) is 5.92 Å². The highest BCUT2D eigenvalue weighted by Gasteiger charge is 2.36. The lowest BCUT2D eigenvalue weighted by molar-refractivity contribution is -0.138. The fraction of sp³-hybridized carbons (Fsp3) is 0.562. The first-order chi connectivity index (χ1) is 10.3. The van der Waals surface area contributed by atoms with Crippen LogP contribution in [0.2, 0.25) is 0 Å². The van der Waals surface area contributed by atoms with E-state index in [1.54, 1.807) is 7.11 Å². The van der Waals surface area contributed by atoms with E-state index in [2.05, 4.69) is 5.32 Å². The van der Waals surface area contributed by atoms with E-state index >= 15 is 0 Å². The minimum Gasteiger partial charge on any atom is -0.497 e. The number of hydrogen-bond acceptors (Lipinski definition) is 4. The average molecular weight is 327 g/mol. The summed E-state index contributed by atoms with van der Waals surface area (Å²) in [6, 6.07) is 7.89. The maximum atomic E-state index is 12.7. The summed E-state index contributed by atoms with van der Waals surface area (Å²) in [5.74, 6) is 1.07. The van der Waals surface area contributed by atoms with E-state index in [-0.39, 0.29) is 30.3 Å². The summed E-state index contributed by atoms with van der Waals surface area (Å²) in [6.07, 6.45) is 0.898. The molecule has 122 valence electrons. The molecule has 0 spiro atoms. The number of nitrogens with one attached hydrogen (secondary N) is 1. The molecule has 0 unspecified atom stereocenters. The van der Waals surface area contributed by atoms with Crippen molar-refractivity contribution in [3.8, 4) is 5.75 Å². The molecule has 0 radical (unpaired) electrons. The van der Waals surface area contributed by atoms with E-state index in [0.29, 0.717) is 19.7 Å². The molecule has 2 heterocycles. The highest BCUT2D eigenvalue weighted by atomic mass is 35.5. The standard InChI is InChI=1S/C16H22N2O3.ClH/c1-20-13-4-2-12(3-5-13)11-18-8-9-21-15-10-17-7-6-14(15)16(18)19;/h2-5,14-15,17H,6-11H2,1H3;1H/t14-,15+;/m1./s1. The smallest absolute Gasteiger partial charge is 0.228 e. The van der Waals surface area contributed by atoms with Crippen molar-refractivity contribution in [3.05, 3.63) is 29.8 Å². The third kappa shape index (κ3) is 3.72. The summed E-state index contributed by atoms with van der Waals surface area (Å²) in [5.41, 5.74) is 1.12. The molecule has 22 heavy (non-hydrogen) atoms. The summed E-state index contributed by atoms with van der Waals surface area (Å²) < 4.78 is 11.0. The van der Waals surface area contributed by atoms with Crippen molar-refractivity contribution in [3.63, 3.8) is 0 Å². The van der Waals surface area contributed by atoms with Crippen LogP contribution in [0.5, 0.6) is 5.75 Å². The Morgan fingerprint density at radius 2 is 2.14 bits per heavy atom. The Kier molecular flexibility index (Phi) is 6.06. The molecule has 0 aromatic heterocycles. The van der Waals surface area contributed by atoms with Crippen LogP contribution in [0.15, 0.2) is 24.3 Å².